The summed E-state index contributed by atoms with van der Waals surface area (Å²) in [4.78, 5) is 24.5. The number of carboxylic acids is 1. The molecule has 2 N–H and O–H groups in total. The molecule has 2 rings (SSSR count). The van der Waals surface area contributed by atoms with Crippen LogP contribution in [0.1, 0.15) is 37.5 Å². The average Bonchev–Trinajstić information content (AvgIpc) is 2.91. The average molecular weight is 295 g/mol. The number of nitrogens with one attached hydrogen (secondary N) is 1. The fourth-order valence-electron chi connectivity index (χ4n) is 2.79. The van der Waals surface area contributed by atoms with Crippen LogP contribution >= 0.6 is 11.3 Å². The molecule has 0 spiro atoms. The standard InChI is InChI=1S/C15H21NO3S/c1-10(8-13-6-3-7-20-13)16-14(17)11-4-2-5-12(9-11)15(18)19/h3,6-7,10-12H,2,4-5,8-9H2,1H3,(H,16,17)(H,18,19). The van der Waals surface area contributed by atoms with Gasteiger partial charge in [-0.25, -0.2) is 0 Å². The van der Waals surface area contributed by atoms with Crippen molar-refractivity contribution < 1.29 is 14.7 Å². The van der Waals surface area contributed by atoms with Crippen LogP contribution in [0.3, 0.4) is 0 Å². The molecule has 0 aliphatic heterocycles. The molecule has 1 aliphatic carbocycles. The van der Waals surface area contributed by atoms with E-state index in [9.17, 15) is 9.59 Å². The summed E-state index contributed by atoms with van der Waals surface area (Å²) in [6.07, 6.45) is 3.64. The highest BCUT2D eigenvalue weighted by Gasteiger charge is 2.31. The second-order valence-corrected chi connectivity index (χ2v) is 6.62. The largest absolute Gasteiger partial charge is 0.481 e. The Kier molecular flexibility index (Phi) is 5.17. The number of aliphatic carboxylic acids is 1. The van der Waals surface area contributed by atoms with Crippen molar-refractivity contribution in [2.75, 3.05) is 0 Å². The van der Waals surface area contributed by atoms with E-state index >= 15 is 0 Å². The molecule has 1 heterocycles. The Hall–Kier alpha value is -1.36. The van der Waals surface area contributed by atoms with Crippen LogP contribution in [-0.4, -0.2) is 23.0 Å². The predicted octanol–water partition coefficient (Wildman–Crippen LogP) is 2.69. The maximum atomic E-state index is 12.2. The number of carbonyl (C=O) groups is 2. The molecular formula is C15H21NO3S. The van der Waals surface area contributed by atoms with Crippen LogP contribution < -0.4 is 5.32 Å². The first-order chi connectivity index (χ1) is 9.56. The Morgan fingerprint density at radius 3 is 2.85 bits per heavy atom. The molecule has 3 unspecified atom stereocenters. The normalized spacial score (nSPS) is 24.1. The second-order valence-electron chi connectivity index (χ2n) is 5.59. The number of thiophene rings is 1. The zero-order valence-electron chi connectivity index (χ0n) is 11.7. The minimum Gasteiger partial charge on any atom is -0.481 e. The lowest BCUT2D eigenvalue weighted by Gasteiger charge is -2.27. The first-order valence-electron chi connectivity index (χ1n) is 7.12. The number of hydrogen-bond donors (Lipinski definition) is 2. The lowest BCUT2D eigenvalue weighted by Crippen LogP contribution is -2.40. The minimum atomic E-state index is -0.769. The van der Waals surface area contributed by atoms with Crippen molar-refractivity contribution in [3.63, 3.8) is 0 Å². The van der Waals surface area contributed by atoms with Gasteiger partial charge in [0.15, 0.2) is 0 Å². The third kappa shape index (κ3) is 4.07. The Bertz CT molecular complexity index is 458. The van der Waals surface area contributed by atoms with Crippen LogP contribution in [0, 0.1) is 11.8 Å². The van der Waals surface area contributed by atoms with Crippen molar-refractivity contribution in [2.45, 2.75) is 45.1 Å². The van der Waals surface area contributed by atoms with E-state index in [1.165, 1.54) is 4.88 Å². The lowest BCUT2D eigenvalue weighted by atomic mass is 9.81. The second kappa shape index (κ2) is 6.88. The van der Waals surface area contributed by atoms with Gasteiger partial charge in [0.2, 0.25) is 5.91 Å². The van der Waals surface area contributed by atoms with Crippen molar-refractivity contribution in [3.05, 3.63) is 22.4 Å². The van der Waals surface area contributed by atoms with Crippen LogP contribution in [0.5, 0.6) is 0 Å². The van der Waals surface area contributed by atoms with E-state index in [4.69, 9.17) is 5.11 Å². The smallest absolute Gasteiger partial charge is 0.306 e. The molecule has 1 aromatic heterocycles. The first kappa shape index (κ1) is 15.0. The number of rotatable bonds is 5. The molecule has 20 heavy (non-hydrogen) atoms. The van der Waals surface area contributed by atoms with Gasteiger partial charge in [-0.05, 0) is 37.6 Å². The minimum absolute atomic E-state index is 0.0139. The molecule has 0 saturated heterocycles. The van der Waals surface area contributed by atoms with Crippen LogP contribution in [0.15, 0.2) is 17.5 Å². The van der Waals surface area contributed by atoms with E-state index in [-0.39, 0.29) is 23.8 Å². The highest BCUT2D eigenvalue weighted by atomic mass is 32.1. The van der Waals surface area contributed by atoms with E-state index in [0.29, 0.717) is 12.8 Å². The van der Waals surface area contributed by atoms with Crippen LogP contribution in [0.25, 0.3) is 0 Å². The maximum Gasteiger partial charge on any atom is 0.306 e. The topological polar surface area (TPSA) is 66.4 Å². The molecule has 0 bridgehead atoms. The molecule has 1 fully saturated rings. The van der Waals surface area contributed by atoms with E-state index in [1.807, 2.05) is 18.4 Å². The number of carbonyl (C=O) groups excluding carboxylic acids is 1. The van der Waals surface area contributed by atoms with Gasteiger partial charge in [-0.3, -0.25) is 9.59 Å². The zero-order valence-corrected chi connectivity index (χ0v) is 12.5. The highest BCUT2D eigenvalue weighted by molar-refractivity contribution is 7.09. The Labute approximate surface area is 123 Å². The van der Waals surface area contributed by atoms with Gasteiger partial charge >= 0.3 is 5.97 Å². The summed E-state index contributed by atoms with van der Waals surface area (Å²) in [6, 6.07) is 4.16. The van der Waals surface area contributed by atoms with E-state index in [2.05, 4.69) is 11.4 Å². The molecular weight excluding hydrogens is 274 g/mol. The van der Waals surface area contributed by atoms with Crippen LogP contribution in [-0.2, 0) is 16.0 Å². The van der Waals surface area contributed by atoms with E-state index < -0.39 is 5.97 Å². The Morgan fingerprint density at radius 2 is 2.20 bits per heavy atom. The molecule has 0 radical (unpaired) electrons. The highest BCUT2D eigenvalue weighted by Crippen LogP contribution is 2.29. The number of hydrogen-bond acceptors (Lipinski definition) is 3. The van der Waals surface area contributed by atoms with Crippen LogP contribution in [0.4, 0.5) is 0 Å². The van der Waals surface area contributed by atoms with Gasteiger partial charge in [-0.2, -0.15) is 0 Å². The van der Waals surface area contributed by atoms with Gasteiger partial charge in [-0.15, -0.1) is 11.3 Å². The summed E-state index contributed by atoms with van der Waals surface area (Å²) in [5.74, 6) is -1.25. The Balaban J connectivity index is 1.83. The number of carboxylic acid groups (broad SMARTS) is 1. The van der Waals surface area contributed by atoms with Gasteiger partial charge in [-0.1, -0.05) is 12.5 Å². The molecule has 4 nitrogen and oxygen atoms in total. The molecule has 3 atom stereocenters. The van der Waals surface area contributed by atoms with Crippen molar-refractivity contribution in [2.24, 2.45) is 11.8 Å². The molecule has 1 amide bonds. The van der Waals surface area contributed by atoms with Crippen molar-refractivity contribution in [1.82, 2.24) is 5.32 Å². The SMILES string of the molecule is CC(Cc1cccs1)NC(=O)C1CCCC(C(=O)O)C1. The van der Waals surface area contributed by atoms with Gasteiger partial charge in [0.1, 0.15) is 0 Å². The van der Waals surface area contributed by atoms with E-state index in [1.54, 1.807) is 11.3 Å². The molecule has 1 aliphatic rings. The van der Waals surface area contributed by atoms with E-state index in [0.717, 1.165) is 19.3 Å². The predicted molar refractivity (Wildman–Crippen MR) is 78.7 cm³/mol. The van der Waals surface area contributed by atoms with Gasteiger partial charge in [0.05, 0.1) is 5.92 Å². The lowest BCUT2D eigenvalue weighted by molar-refractivity contribution is -0.144. The molecule has 5 heteroatoms. The van der Waals surface area contributed by atoms with Crippen molar-refractivity contribution >= 4 is 23.2 Å². The monoisotopic (exact) mass is 295 g/mol. The van der Waals surface area contributed by atoms with Crippen LogP contribution in [0.2, 0.25) is 0 Å². The molecule has 1 saturated carbocycles. The fraction of sp³-hybridized carbons (Fsp3) is 0.600. The maximum absolute atomic E-state index is 12.2. The van der Waals surface area contributed by atoms with Crippen molar-refractivity contribution in [1.29, 1.82) is 0 Å². The molecule has 110 valence electrons. The van der Waals surface area contributed by atoms with Gasteiger partial charge in [0.25, 0.3) is 0 Å². The molecule has 1 aromatic rings. The fourth-order valence-corrected chi connectivity index (χ4v) is 3.63. The summed E-state index contributed by atoms with van der Waals surface area (Å²) < 4.78 is 0. The summed E-state index contributed by atoms with van der Waals surface area (Å²) in [7, 11) is 0. The summed E-state index contributed by atoms with van der Waals surface area (Å²) in [6.45, 7) is 2.00. The van der Waals surface area contributed by atoms with Crippen molar-refractivity contribution in [3.8, 4) is 0 Å². The summed E-state index contributed by atoms with van der Waals surface area (Å²) in [5.41, 5.74) is 0. The quantitative estimate of drug-likeness (QED) is 0.877. The summed E-state index contributed by atoms with van der Waals surface area (Å²) in [5, 5.41) is 14.1. The summed E-state index contributed by atoms with van der Waals surface area (Å²) >= 11 is 1.69. The number of amides is 1. The van der Waals surface area contributed by atoms with Gasteiger partial charge in [0, 0.05) is 23.3 Å². The van der Waals surface area contributed by atoms with Gasteiger partial charge < -0.3 is 10.4 Å². The Morgan fingerprint density at radius 1 is 1.45 bits per heavy atom. The third-order valence-corrected chi connectivity index (χ3v) is 4.77. The molecule has 0 aromatic carbocycles. The zero-order chi connectivity index (χ0) is 14.5. The third-order valence-electron chi connectivity index (χ3n) is 3.87. The first-order valence-corrected chi connectivity index (χ1v) is 7.99.